The summed E-state index contributed by atoms with van der Waals surface area (Å²) in [6.07, 6.45) is 3.63. The number of hydrogen-bond donors (Lipinski definition) is 0. The van der Waals surface area contributed by atoms with Crippen molar-refractivity contribution in [2.75, 3.05) is 0 Å². The van der Waals surface area contributed by atoms with E-state index in [9.17, 15) is 13.2 Å². The number of aromatic nitrogens is 1. The molecule has 0 aliphatic carbocycles. The van der Waals surface area contributed by atoms with Gasteiger partial charge in [-0.25, -0.2) is 0 Å². The van der Waals surface area contributed by atoms with E-state index in [2.05, 4.69) is 0 Å². The lowest BCUT2D eigenvalue weighted by molar-refractivity contribution is 0.101. The number of rotatable bonds is 4. The van der Waals surface area contributed by atoms with Crippen molar-refractivity contribution in [1.29, 1.82) is 0 Å². The lowest BCUT2D eigenvalue weighted by Gasteiger charge is -2.08. The largest absolute Gasteiger partial charge is 0.452 e. The third-order valence-corrected chi connectivity index (χ3v) is 6.63. The lowest BCUT2D eigenvalue weighted by Crippen LogP contribution is -2.09. The normalized spacial score (nSPS) is 14.6. The van der Waals surface area contributed by atoms with Crippen LogP contribution in [0, 0.1) is 6.92 Å². The van der Waals surface area contributed by atoms with Crippen LogP contribution in [0.25, 0.3) is 17.0 Å². The van der Waals surface area contributed by atoms with Gasteiger partial charge >= 0.3 is 10.1 Å². The number of carbonyl (C=O) groups excluding carboxylic acids is 1. The van der Waals surface area contributed by atoms with E-state index in [4.69, 9.17) is 8.92 Å². The van der Waals surface area contributed by atoms with Crippen molar-refractivity contribution >= 4 is 32.9 Å². The summed E-state index contributed by atoms with van der Waals surface area (Å²) in [4.78, 5) is 12.9. The SMILES string of the molecule is Cc1ccc(S(=O)(=O)Oc2ccc3c(c2)OC(=Cc2cn(C)c4ccccc24)C3=O)cc1. The highest BCUT2D eigenvalue weighted by atomic mass is 32.2. The molecular formula is C25H19NO5S. The quantitative estimate of drug-likeness (QED) is 0.331. The Hall–Kier alpha value is -3.84. The summed E-state index contributed by atoms with van der Waals surface area (Å²) in [5, 5.41) is 1.00. The van der Waals surface area contributed by atoms with Crippen LogP contribution in [0.1, 0.15) is 21.5 Å². The maximum absolute atomic E-state index is 12.8. The summed E-state index contributed by atoms with van der Waals surface area (Å²) < 4.78 is 38.2. The first-order valence-corrected chi connectivity index (χ1v) is 11.4. The predicted octanol–water partition coefficient (Wildman–Crippen LogP) is 4.87. The van der Waals surface area contributed by atoms with Gasteiger partial charge in [-0.3, -0.25) is 4.79 Å². The molecule has 0 unspecified atom stereocenters. The monoisotopic (exact) mass is 445 g/mol. The number of carbonyl (C=O) groups is 1. The molecule has 1 aromatic heterocycles. The second kappa shape index (κ2) is 7.39. The Morgan fingerprint density at radius 1 is 1.00 bits per heavy atom. The van der Waals surface area contributed by atoms with E-state index >= 15 is 0 Å². The Morgan fingerprint density at radius 3 is 2.53 bits per heavy atom. The summed E-state index contributed by atoms with van der Waals surface area (Å²) >= 11 is 0. The van der Waals surface area contributed by atoms with Gasteiger partial charge in [-0.05, 0) is 43.3 Å². The van der Waals surface area contributed by atoms with E-state index in [-0.39, 0.29) is 27.9 Å². The minimum Gasteiger partial charge on any atom is -0.452 e. The zero-order valence-electron chi connectivity index (χ0n) is 17.4. The molecule has 0 atom stereocenters. The fourth-order valence-electron chi connectivity index (χ4n) is 3.73. The van der Waals surface area contributed by atoms with Crippen LogP contribution >= 0.6 is 0 Å². The molecule has 0 N–H and O–H groups in total. The number of ether oxygens (including phenoxy) is 1. The van der Waals surface area contributed by atoms with E-state index in [1.807, 2.05) is 49.0 Å². The number of aryl methyl sites for hydroxylation is 2. The standard InChI is InChI=1S/C25H19NO5S/c1-16-7-10-19(11-8-16)32(28,29)31-18-9-12-21-23(14-18)30-24(25(21)27)13-17-15-26(2)22-6-4-3-5-20(17)22/h3-15H,1-2H3. The molecule has 160 valence electrons. The number of fused-ring (bicyclic) bond motifs is 2. The van der Waals surface area contributed by atoms with Gasteiger partial charge < -0.3 is 13.5 Å². The predicted molar refractivity (Wildman–Crippen MR) is 121 cm³/mol. The van der Waals surface area contributed by atoms with Crippen LogP contribution in [0.4, 0.5) is 0 Å². The second-order valence-corrected chi connectivity index (χ2v) is 9.21. The zero-order valence-corrected chi connectivity index (χ0v) is 18.2. The fourth-order valence-corrected chi connectivity index (χ4v) is 4.65. The highest BCUT2D eigenvalue weighted by Gasteiger charge is 2.29. The molecule has 5 rings (SSSR count). The van der Waals surface area contributed by atoms with Gasteiger partial charge in [-0.2, -0.15) is 8.42 Å². The highest BCUT2D eigenvalue weighted by Crippen LogP contribution is 2.36. The van der Waals surface area contributed by atoms with Crippen LogP contribution in [0.5, 0.6) is 11.5 Å². The molecule has 1 aliphatic heterocycles. The number of benzene rings is 3. The topological polar surface area (TPSA) is 74.6 Å². The molecule has 0 saturated carbocycles. The first-order valence-electron chi connectivity index (χ1n) is 9.95. The van der Waals surface area contributed by atoms with Gasteiger partial charge in [0.15, 0.2) is 5.76 Å². The Morgan fingerprint density at radius 2 is 1.75 bits per heavy atom. The van der Waals surface area contributed by atoms with Gasteiger partial charge in [0.2, 0.25) is 5.78 Å². The first kappa shape index (κ1) is 20.1. The van der Waals surface area contributed by atoms with Gasteiger partial charge in [0.1, 0.15) is 16.4 Å². The Labute approximate surface area is 185 Å². The van der Waals surface area contributed by atoms with Crippen LogP contribution in [0.15, 0.2) is 83.6 Å². The molecule has 4 aromatic rings. The third kappa shape index (κ3) is 3.46. The van der Waals surface area contributed by atoms with Gasteiger partial charge in [-0.1, -0.05) is 35.9 Å². The van der Waals surface area contributed by atoms with Gasteiger partial charge in [0, 0.05) is 35.8 Å². The second-order valence-electron chi connectivity index (χ2n) is 7.66. The molecule has 0 amide bonds. The average molecular weight is 445 g/mol. The molecule has 0 saturated heterocycles. The minimum atomic E-state index is -4.00. The number of nitrogens with zero attached hydrogens (tertiary/aromatic N) is 1. The minimum absolute atomic E-state index is 0.0529. The van der Waals surface area contributed by atoms with Crippen molar-refractivity contribution in [3.05, 3.63) is 95.4 Å². The molecule has 1 aliphatic rings. The van der Waals surface area contributed by atoms with Gasteiger partial charge in [0.05, 0.1) is 5.56 Å². The van der Waals surface area contributed by atoms with Crippen LogP contribution in [0.3, 0.4) is 0 Å². The molecule has 0 fully saturated rings. The zero-order chi connectivity index (χ0) is 22.5. The van der Waals surface area contributed by atoms with Crippen LogP contribution in [-0.2, 0) is 17.2 Å². The van der Waals surface area contributed by atoms with Crippen molar-refractivity contribution in [3.8, 4) is 11.5 Å². The smallest absolute Gasteiger partial charge is 0.339 e. The molecule has 7 heteroatoms. The number of ketones is 1. The molecule has 3 aromatic carbocycles. The van der Waals surface area contributed by atoms with E-state index in [0.717, 1.165) is 22.0 Å². The molecule has 0 spiro atoms. The molecule has 32 heavy (non-hydrogen) atoms. The van der Waals surface area contributed by atoms with Crippen molar-refractivity contribution in [1.82, 2.24) is 4.57 Å². The van der Waals surface area contributed by atoms with E-state index < -0.39 is 10.1 Å². The van der Waals surface area contributed by atoms with Crippen molar-refractivity contribution < 1.29 is 22.1 Å². The van der Waals surface area contributed by atoms with Crippen molar-refractivity contribution in [3.63, 3.8) is 0 Å². The number of Topliss-reactive ketones (excluding diaryl/α,β-unsaturated/α-hetero) is 1. The highest BCUT2D eigenvalue weighted by molar-refractivity contribution is 7.87. The third-order valence-electron chi connectivity index (χ3n) is 5.37. The maximum atomic E-state index is 12.8. The number of para-hydroxylation sites is 1. The summed E-state index contributed by atoms with van der Waals surface area (Å²) in [5.74, 6) is 0.248. The average Bonchev–Trinajstić information content (AvgIpc) is 3.25. The van der Waals surface area contributed by atoms with Gasteiger partial charge in [-0.15, -0.1) is 0 Å². The number of hydrogen-bond acceptors (Lipinski definition) is 5. The summed E-state index contributed by atoms with van der Waals surface area (Å²) in [6.45, 7) is 1.87. The first-order chi connectivity index (χ1) is 15.3. The summed E-state index contributed by atoms with van der Waals surface area (Å²) in [6, 6.07) is 18.6. The van der Waals surface area contributed by atoms with Crippen LogP contribution in [0.2, 0.25) is 0 Å². The molecule has 2 heterocycles. The lowest BCUT2D eigenvalue weighted by atomic mass is 10.1. The van der Waals surface area contributed by atoms with Gasteiger partial charge in [0.25, 0.3) is 0 Å². The maximum Gasteiger partial charge on any atom is 0.339 e. The van der Waals surface area contributed by atoms with E-state index in [1.165, 1.54) is 30.3 Å². The Balaban J connectivity index is 1.44. The summed E-state index contributed by atoms with van der Waals surface area (Å²) in [7, 11) is -2.06. The fraction of sp³-hybridized carbons (Fsp3) is 0.0800. The van der Waals surface area contributed by atoms with Crippen molar-refractivity contribution in [2.45, 2.75) is 11.8 Å². The van der Waals surface area contributed by atoms with E-state index in [0.29, 0.717) is 5.56 Å². The van der Waals surface area contributed by atoms with E-state index in [1.54, 1.807) is 18.2 Å². The summed E-state index contributed by atoms with van der Waals surface area (Å²) in [5.41, 5.74) is 3.20. The Kier molecular flexibility index (Phi) is 4.64. The van der Waals surface area contributed by atoms with Crippen LogP contribution in [-0.4, -0.2) is 18.8 Å². The van der Waals surface area contributed by atoms with Crippen molar-refractivity contribution in [2.24, 2.45) is 7.05 Å². The Bertz CT molecular complexity index is 1510. The number of allylic oxidation sites excluding steroid dienone is 1. The molecule has 0 bridgehead atoms. The molecule has 0 radical (unpaired) electrons. The molecule has 6 nitrogen and oxygen atoms in total. The van der Waals surface area contributed by atoms with Crippen LogP contribution < -0.4 is 8.92 Å². The molecular weight excluding hydrogens is 426 g/mol.